The minimum absolute atomic E-state index is 0.0523. The number of rotatable bonds is 6. The Morgan fingerprint density at radius 1 is 1.43 bits per heavy atom. The van der Waals surface area contributed by atoms with Crippen LogP contribution in [0.2, 0.25) is 0 Å². The van der Waals surface area contributed by atoms with E-state index in [0.717, 1.165) is 30.1 Å². The summed E-state index contributed by atoms with van der Waals surface area (Å²) in [5.41, 5.74) is 1.49. The van der Waals surface area contributed by atoms with E-state index >= 15 is 0 Å². The number of aromatic nitrogens is 2. The van der Waals surface area contributed by atoms with E-state index in [1.165, 1.54) is 0 Å². The van der Waals surface area contributed by atoms with Crippen molar-refractivity contribution in [2.45, 2.75) is 66.0 Å². The summed E-state index contributed by atoms with van der Waals surface area (Å²) in [6, 6.07) is -0.0523. The van der Waals surface area contributed by atoms with Crippen LogP contribution in [0.1, 0.15) is 50.8 Å². The third kappa shape index (κ3) is 3.63. The largest absolute Gasteiger partial charge is 0.395 e. The van der Waals surface area contributed by atoms with Gasteiger partial charge in [-0.05, 0) is 26.2 Å². The summed E-state index contributed by atoms with van der Waals surface area (Å²) in [6.45, 7) is 8.07. The van der Waals surface area contributed by atoms with Crippen molar-refractivity contribution in [3.8, 4) is 0 Å². The van der Waals surface area contributed by atoms with Crippen LogP contribution in [0.25, 0.3) is 0 Å². The Hall–Kier alpha value is -1.69. The summed E-state index contributed by atoms with van der Waals surface area (Å²) in [6.07, 6.45) is 2.86. The summed E-state index contributed by atoms with van der Waals surface area (Å²) in [5, 5.41) is 12.0. The van der Waals surface area contributed by atoms with Gasteiger partial charge in [0.15, 0.2) is 0 Å². The molecular formula is C17H27N3O3. The maximum absolute atomic E-state index is 12.2. The van der Waals surface area contributed by atoms with Crippen molar-refractivity contribution < 1.29 is 14.7 Å². The van der Waals surface area contributed by atoms with Gasteiger partial charge in [0.25, 0.3) is 5.91 Å². The molecule has 1 aliphatic carbocycles. The van der Waals surface area contributed by atoms with Gasteiger partial charge in [-0.15, -0.1) is 0 Å². The van der Waals surface area contributed by atoms with E-state index < -0.39 is 11.3 Å². The molecule has 0 spiro atoms. The fourth-order valence-corrected chi connectivity index (χ4v) is 3.00. The van der Waals surface area contributed by atoms with E-state index in [1.54, 1.807) is 13.8 Å². The van der Waals surface area contributed by atoms with Gasteiger partial charge in [0.05, 0.1) is 12.3 Å². The molecule has 1 heterocycles. The lowest BCUT2D eigenvalue weighted by molar-refractivity contribution is -0.143. The SMILES string of the molecule is CCC(C)(C)C(=O)C(=O)NC1CCc2c(nc(C)n2CCO)C1. The second-order valence-corrected chi connectivity index (χ2v) is 6.91. The maximum atomic E-state index is 12.2. The molecule has 23 heavy (non-hydrogen) atoms. The fourth-order valence-electron chi connectivity index (χ4n) is 3.00. The quantitative estimate of drug-likeness (QED) is 0.770. The minimum atomic E-state index is -0.622. The van der Waals surface area contributed by atoms with E-state index in [2.05, 4.69) is 10.3 Å². The maximum Gasteiger partial charge on any atom is 0.288 e. The van der Waals surface area contributed by atoms with Gasteiger partial charge in [-0.1, -0.05) is 20.8 Å². The zero-order valence-electron chi connectivity index (χ0n) is 14.5. The highest BCUT2D eigenvalue weighted by atomic mass is 16.3. The third-order valence-corrected chi connectivity index (χ3v) is 4.88. The van der Waals surface area contributed by atoms with Crippen LogP contribution >= 0.6 is 0 Å². The van der Waals surface area contributed by atoms with Crippen LogP contribution in [-0.2, 0) is 29.0 Å². The van der Waals surface area contributed by atoms with Gasteiger partial charge < -0.3 is 15.0 Å². The Bertz CT molecular complexity index is 604. The summed E-state index contributed by atoms with van der Waals surface area (Å²) >= 11 is 0. The molecule has 1 aliphatic rings. The predicted octanol–water partition coefficient (Wildman–Crippen LogP) is 1.16. The first kappa shape index (κ1) is 17.7. The van der Waals surface area contributed by atoms with Gasteiger partial charge in [0.2, 0.25) is 5.78 Å². The summed E-state index contributed by atoms with van der Waals surface area (Å²) in [7, 11) is 0. The molecule has 1 aromatic rings. The van der Waals surface area contributed by atoms with Gasteiger partial charge in [0.1, 0.15) is 5.82 Å². The van der Waals surface area contributed by atoms with E-state index in [9.17, 15) is 9.59 Å². The van der Waals surface area contributed by atoms with Crippen LogP contribution in [0.5, 0.6) is 0 Å². The number of carbonyl (C=O) groups excluding carboxylic acids is 2. The number of nitrogens with one attached hydrogen (secondary N) is 1. The molecule has 0 saturated heterocycles. The highest BCUT2D eigenvalue weighted by Crippen LogP contribution is 2.24. The molecule has 1 amide bonds. The number of hydrogen-bond acceptors (Lipinski definition) is 4. The molecule has 6 nitrogen and oxygen atoms in total. The van der Waals surface area contributed by atoms with Crippen LogP contribution < -0.4 is 5.32 Å². The van der Waals surface area contributed by atoms with Gasteiger partial charge in [-0.3, -0.25) is 9.59 Å². The van der Waals surface area contributed by atoms with Gasteiger partial charge >= 0.3 is 0 Å². The molecule has 0 radical (unpaired) electrons. The first-order chi connectivity index (χ1) is 10.8. The number of aliphatic hydroxyl groups excluding tert-OH is 1. The minimum Gasteiger partial charge on any atom is -0.395 e. The van der Waals surface area contributed by atoms with Crippen molar-refractivity contribution in [3.05, 3.63) is 17.2 Å². The van der Waals surface area contributed by atoms with Gasteiger partial charge in [0, 0.05) is 30.1 Å². The Morgan fingerprint density at radius 3 is 2.74 bits per heavy atom. The number of fused-ring (bicyclic) bond motifs is 1. The molecule has 1 unspecified atom stereocenters. The van der Waals surface area contributed by atoms with Crippen LogP contribution in [-0.4, -0.2) is 39.0 Å². The molecular weight excluding hydrogens is 294 g/mol. The predicted molar refractivity (Wildman–Crippen MR) is 87.1 cm³/mol. The number of Topliss-reactive ketones (excluding diaryl/α,β-unsaturated/α-hetero) is 1. The normalized spacial score (nSPS) is 17.7. The molecule has 0 aromatic carbocycles. The Kier molecular flexibility index (Phi) is 5.24. The average Bonchev–Trinajstić information content (AvgIpc) is 2.82. The smallest absolute Gasteiger partial charge is 0.288 e. The van der Waals surface area contributed by atoms with E-state index in [0.29, 0.717) is 19.4 Å². The number of hydrogen-bond donors (Lipinski definition) is 2. The number of aryl methyl sites for hydroxylation is 1. The first-order valence-corrected chi connectivity index (χ1v) is 8.31. The van der Waals surface area contributed by atoms with Crippen LogP contribution in [0.3, 0.4) is 0 Å². The first-order valence-electron chi connectivity index (χ1n) is 8.31. The summed E-state index contributed by atoms with van der Waals surface area (Å²) in [5.74, 6) is 0.0452. The lowest BCUT2D eigenvalue weighted by Gasteiger charge is -2.26. The molecule has 2 N–H and O–H groups in total. The molecule has 0 fully saturated rings. The molecule has 0 bridgehead atoms. The number of imidazole rings is 1. The molecule has 0 saturated carbocycles. The Labute approximate surface area is 137 Å². The number of amides is 1. The van der Waals surface area contributed by atoms with E-state index in [4.69, 9.17) is 5.11 Å². The molecule has 128 valence electrons. The van der Waals surface area contributed by atoms with Crippen LogP contribution in [0, 0.1) is 12.3 Å². The number of aliphatic hydroxyl groups is 1. The monoisotopic (exact) mass is 321 g/mol. The lowest BCUT2D eigenvalue weighted by atomic mass is 9.84. The van der Waals surface area contributed by atoms with Crippen LogP contribution in [0.4, 0.5) is 0 Å². The average molecular weight is 321 g/mol. The lowest BCUT2D eigenvalue weighted by Crippen LogP contribution is -2.46. The molecule has 2 rings (SSSR count). The second kappa shape index (κ2) is 6.83. The fraction of sp³-hybridized carbons (Fsp3) is 0.706. The van der Waals surface area contributed by atoms with Crippen molar-refractivity contribution in [1.29, 1.82) is 0 Å². The Balaban J connectivity index is 2.05. The highest BCUT2D eigenvalue weighted by Gasteiger charge is 2.33. The zero-order valence-corrected chi connectivity index (χ0v) is 14.5. The number of carbonyl (C=O) groups is 2. The molecule has 1 atom stereocenters. The van der Waals surface area contributed by atoms with E-state index in [1.807, 2.05) is 18.4 Å². The standard InChI is InChI=1S/C17H27N3O3/c1-5-17(3,4)15(22)16(23)19-12-6-7-14-13(10-12)18-11(2)20(14)8-9-21/h12,21H,5-10H2,1-4H3,(H,19,23). The molecule has 6 heteroatoms. The Morgan fingerprint density at radius 2 is 2.13 bits per heavy atom. The van der Waals surface area contributed by atoms with Crippen LogP contribution in [0.15, 0.2) is 0 Å². The van der Waals surface area contributed by atoms with Crippen molar-refractivity contribution in [3.63, 3.8) is 0 Å². The molecule has 0 aliphatic heterocycles. The topological polar surface area (TPSA) is 84.2 Å². The molecule has 1 aromatic heterocycles. The zero-order chi connectivity index (χ0) is 17.2. The second-order valence-electron chi connectivity index (χ2n) is 6.91. The van der Waals surface area contributed by atoms with Gasteiger partial charge in [-0.2, -0.15) is 0 Å². The highest BCUT2D eigenvalue weighted by molar-refractivity contribution is 6.38. The summed E-state index contributed by atoms with van der Waals surface area (Å²) in [4.78, 5) is 28.9. The van der Waals surface area contributed by atoms with Gasteiger partial charge in [-0.25, -0.2) is 4.98 Å². The third-order valence-electron chi connectivity index (χ3n) is 4.88. The van der Waals surface area contributed by atoms with E-state index in [-0.39, 0.29) is 18.4 Å². The summed E-state index contributed by atoms with van der Waals surface area (Å²) < 4.78 is 2.04. The van der Waals surface area contributed by atoms with Crippen molar-refractivity contribution in [2.75, 3.05) is 6.61 Å². The number of ketones is 1. The van der Waals surface area contributed by atoms with Crippen molar-refractivity contribution >= 4 is 11.7 Å². The van der Waals surface area contributed by atoms with Crippen molar-refractivity contribution in [1.82, 2.24) is 14.9 Å². The number of nitrogens with zero attached hydrogens (tertiary/aromatic N) is 2. The van der Waals surface area contributed by atoms with Crippen molar-refractivity contribution in [2.24, 2.45) is 5.41 Å².